The average Bonchev–Trinajstić information content (AvgIpc) is 3.13. The summed E-state index contributed by atoms with van der Waals surface area (Å²) in [6.45, 7) is 0. The minimum Gasteiger partial charge on any atom is -0.300 e. The molecule has 0 saturated heterocycles. The van der Waals surface area contributed by atoms with Crippen molar-refractivity contribution in [3.8, 4) is 6.07 Å². The first kappa shape index (κ1) is 18.1. The van der Waals surface area contributed by atoms with Crippen LogP contribution in [0.4, 0.5) is 5.13 Å². The van der Waals surface area contributed by atoms with Gasteiger partial charge in [0.05, 0.1) is 11.6 Å². The normalized spacial score (nSPS) is 30.2. The van der Waals surface area contributed by atoms with Crippen molar-refractivity contribution in [2.75, 3.05) is 5.32 Å². The molecule has 4 fully saturated rings. The quantitative estimate of drug-likeness (QED) is 0.570. The molecular weight excluding hydrogens is 388 g/mol. The Bertz CT molecular complexity index is 889. The van der Waals surface area contributed by atoms with E-state index in [4.69, 9.17) is 5.26 Å². The summed E-state index contributed by atoms with van der Waals surface area (Å²) in [5.74, 6) is 4.00. The van der Waals surface area contributed by atoms with E-state index in [-0.39, 0.29) is 11.8 Å². The van der Waals surface area contributed by atoms with Gasteiger partial charge in [0.15, 0.2) is 4.34 Å². The highest BCUT2D eigenvalue weighted by Crippen LogP contribution is 2.56. The number of nitriles is 1. The second-order valence-corrected chi connectivity index (χ2v) is 10.6. The first-order chi connectivity index (χ1) is 13.7. The second-order valence-electron chi connectivity index (χ2n) is 8.42. The molecule has 1 aromatic heterocycles. The van der Waals surface area contributed by atoms with Gasteiger partial charge in [-0.05, 0) is 73.5 Å². The largest absolute Gasteiger partial charge is 0.300 e. The molecule has 1 aromatic carbocycles. The van der Waals surface area contributed by atoms with E-state index < -0.39 is 0 Å². The van der Waals surface area contributed by atoms with Gasteiger partial charge in [-0.2, -0.15) is 5.26 Å². The maximum Gasteiger partial charge on any atom is 0.229 e. The van der Waals surface area contributed by atoms with Gasteiger partial charge in [-0.1, -0.05) is 35.2 Å². The Morgan fingerprint density at radius 2 is 1.79 bits per heavy atom. The molecule has 6 rings (SSSR count). The molecule has 4 aliphatic carbocycles. The standard InChI is InChI=1S/C21H22N4OS2/c22-10-12-1-3-13(4-2-12)11-27-21-25-24-20(28-21)23-19(26)18-16-6-14-5-15(8-16)9-17(18)7-14/h1-4,14-18H,5-9,11H2,(H,23,24,26). The van der Waals surface area contributed by atoms with Crippen molar-refractivity contribution in [1.82, 2.24) is 10.2 Å². The van der Waals surface area contributed by atoms with Gasteiger partial charge in [-0.3, -0.25) is 4.79 Å². The van der Waals surface area contributed by atoms with Gasteiger partial charge in [-0.25, -0.2) is 0 Å². The molecule has 1 heterocycles. The van der Waals surface area contributed by atoms with E-state index in [0.717, 1.165) is 27.5 Å². The Morgan fingerprint density at radius 1 is 1.11 bits per heavy atom. The van der Waals surface area contributed by atoms with Crippen LogP contribution < -0.4 is 5.32 Å². The summed E-state index contributed by atoms with van der Waals surface area (Å²) < 4.78 is 0.852. The number of benzene rings is 1. The lowest BCUT2D eigenvalue weighted by Crippen LogP contribution is -2.49. The fourth-order valence-electron chi connectivity index (χ4n) is 5.68. The summed E-state index contributed by atoms with van der Waals surface area (Å²) in [6.07, 6.45) is 6.37. The number of nitrogens with one attached hydrogen (secondary N) is 1. The molecule has 7 heteroatoms. The third-order valence-electron chi connectivity index (χ3n) is 6.61. The maximum absolute atomic E-state index is 12.9. The molecule has 0 atom stereocenters. The third kappa shape index (κ3) is 3.56. The molecule has 5 nitrogen and oxygen atoms in total. The Hall–Kier alpha value is -1.91. The van der Waals surface area contributed by atoms with Crippen LogP contribution in [0, 0.1) is 40.9 Å². The van der Waals surface area contributed by atoms with Gasteiger partial charge >= 0.3 is 0 Å². The van der Waals surface area contributed by atoms with Gasteiger partial charge in [0.1, 0.15) is 0 Å². The molecule has 2 aromatic rings. The summed E-state index contributed by atoms with van der Waals surface area (Å²) in [5, 5.41) is 20.9. The number of anilines is 1. The third-order valence-corrected chi connectivity index (χ3v) is 8.65. The van der Waals surface area contributed by atoms with Gasteiger partial charge in [0, 0.05) is 11.7 Å². The first-order valence-corrected chi connectivity index (χ1v) is 11.7. The average molecular weight is 411 g/mol. The molecule has 0 unspecified atom stereocenters. The zero-order chi connectivity index (χ0) is 19.1. The number of hydrogen-bond acceptors (Lipinski definition) is 6. The van der Waals surface area contributed by atoms with Crippen LogP contribution in [0.5, 0.6) is 0 Å². The summed E-state index contributed by atoms with van der Waals surface area (Å²) in [4.78, 5) is 12.9. The number of rotatable bonds is 5. The molecule has 144 valence electrons. The minimum atomic E-state index is 0.161. The lowest BCUT2D eigenvalue weighted by atomic mass is 9.51. The zero-order valence-electron chi connectivity index (χ0n) is 15.5. The predicted molar refractivity (Wildman–Crippen MR) is 110 cm³/mol. The Labute approximate surface area is 172 Å². The number of hydrogen-bond donors (Lipinski definition) is 1. The van der Waals surface area contributed by atoms with E-state index >= 15 is 0 Å². The van der Waals surface area contributed by atoms with E-state index in [1.54, 1.807) is 11.8 Å². The molecule has 0 radical (unpaired) electrons. The van der Waals surface area contributed by atoms with Crippen LogP contribution in [-0.4, -0.2) is 16.1 Å². The van der Waals surface area contributed by atoms with Crippen LogP contribution >= 0.6 is 23.1 Å². The highest BCUT2D eigenvalue weighted by atomic mass is 32.2. The number of nitrogens with zero attached hydrogens (tertiary/aromatic N) is 3. The monoisotopic (exact) mass is 410 g/mol. The molecule has 28 heavy (non-hydrogen) atoms. The maximum atomic E-state index is 12.9. The van der Waals surface area contributed by atoms with Crippen LogP contribution in [0.15, 0.2) is 28.6 Å². The molecule has 0 spiro atoms. The fraction of sp³-hybridized carbons (Fsp3) is 0.524. The van der Waals surface area contributed by atoms with E-state index in [2.05, 4.69) is 21.6 Å². The number of aromatic nitrogens is 2. The second kappa shape index (κ2) is 7.49. The molecule has 0 aliphatic heterocycles. The van der Waals surface area contributed by atoms with E-state index in [1.807, 2.05) is 24.3 Å². The lowest BCUT2D eigenvalue weighted by molar-refractivity contribution is -0.132. The van der Waals surface area contributed by atoms with Crippen molar-refractivity contribution >= 4 is 34.1 Å². The summed E-state index contributed by atoms with van der Waals surface area (Å²) >= 11 is 3.05. The summed E-state index contributed by atoms with van der Waals surface area (Å²) in [6, 6.07) is 9.70. The molecular formula is C21H22N4OS2. The van der Waals surface area contributed by atoms with Crippen LogP contribution in [0.25, 0.3) is 0 Å². The van der Waals surface area contributed by atoms with Crippen molar-refractivity contribution in [3.05, 3.63) is 35.4 Å². The van der Waals surface area contributed by atoms with Crippen molar-refractivity contribution in [2.45, 2.75) is 42.2 Å². The van der Waals surface area contributed by atoms with Crippen molar-refractivity contribution in [1.29, 1.82) is 5.26 Å². The van der Waals surface area contributed by atoms with Gasteiger partial charge in [-0.15, -0.1) is 10.2 Å². The molecule has 4 saturated carbocycles. The van der Waals surface area contributed by atoms with E-state index in [1.165, 1.54) is 43.4 Å². The molecule has 1 amide bonds. The Balaban J connectivity index is 1.18. The van der Waals surface area contributed by atoms with Crippen molar-refractivity contribution in [2.24, 2.45) is 29.6 Å². The lowest BCUT2D eigenvalue weighted by Gasteiger charge is -2.53. The molecule has 4 aliphatic rings. The fourth-order valence-corrected chi connectivity index (χ4v) is 7.39. The molecule has 1 N–H and O–H groups in total. The minimum absolute atomic E-state index is 0.161. The Morgan fingerprint density at radius 3 is 2.43 bits per heavy atom. The highest BCUT2D eigenvalue weighted by Gasteiger charge is 2.50. The van der Waals surface area contributed by atoms with Crippen molar-refractivity contribution in [3.63, 3.8) is 0 Å². The van der Waals surface area contributed by atoms with Crippen molar-refractivity contribution < 1.29 is 4.79 Å². The van der Waals surface area contributed by atoms with E-state index in [0.29, 0.717) is 22.5 Å². The van der Waals surface area contributed by atoms with Gasteiger partial charge in [0.25, 0.3) is 0 Å². The summed E-state index contributed by atoms with van der Waals surface area (Å²) in [7, 11) is 0. The van der Waals surface area contributed by atoms with Gasteiger partial charge < -0.3 is 5.32 Å². The predicted octanol–water partition coefficient (Wildman–Crippen LogP) is 4.71. The Kier molecular flexibility index (Phi) is 4.85. The SMILES string of the molecule is N#Cc1ccc(CSc2nnc(NC(=O)C3C4CC5CC(C4)CC3C5)s2)cc1. The van der Waals surface area contributed by atoms with E-state index in [9.17, 15) is 4.79 Å². The number of carbonyl (C=O) groups is 1. The van der Waals surface area contributed by atoms with Crippen LogP contribution in [-0.2, 0) is 10.5 Å². The zero-order valence-corrected chi connectivity index (χ0v) is 17.1. The number of amides is 1. The van der Waals surface area contributed by atoms with Crippen LogP contribution in [0.2, 0.25) is 0 Å². The van der Waals surface area contributed by atoms with Crippen LogP contribution in [0.3, 0.4) is 0 Å². The smallest absolute Gasteiger partial charge is 0.229 e. The molecule has 4 bridgehead atoms. The van der Waals surface area contributed by atoms with Gasteiger partial charge in [0.2, 0.25) is 11.0 Å². The number of carbonyl (C=O) groups excluding carboxylic acids is 1. The topological polar surface area (TPSA) is 78.7 Å². The number of thioether (sulfide) groups is 1. The first-order valence-electron chi connectivity index (χ1n) is 9.94. The summed E-state index contributed by atoms with van der Waals surface area (Å²) in [5.41, 5.74) is 1.80. The highest BCUT2D eigenvalue weighted by molar-refractivity contribution is 8.00. The van der Waals surface area contributed by atoms with Crippen LogP contribution in [0.1, 0.15) is 43.2 Å².